The highest BCUT2D eigenvalue weighted by Gasteiger charge is 2.04. The Morgan fingerprint density at radius 1 is 0.955 bits per heavy atom. The number of H-pyrrole nitrogens is 1. The molecule has 0 atom stereocenters. The zero-order valence-electron chi connectivity index (χ0n) is 12.6. The highest BCUT2D eigenvalue weighted by atomic mass is 16.1. The number of rotatable bonds is 3. The molecular formula is C18H17N3O. The number of nitrogens with one attached hydrogen (secondary N) is 2. The first-order chi connectivity index (χ1) is 10.6. The van der Waals surface area contributed by atoms with Crippen LogP contribution in [0.1, 0.15) is 11.1 Å². The average molecular weight is 291 g/mol. The number of aryl methyl sites for hydroxylation is 2. The Morgan fingerprint density at radius 3 is 2.32 bits per heavy atom. The van der Waals surface area contributed by atoms with Crippen molar-refractivity contribution in [2.75, 3.05) is 5.32 Å². The minimum absolute atomic E-state index is 0.180. The third-order valence-electron chi connectivity index (χ3n) is 3.30. The molecule has 0 fully saturated rings. The van der Waals surface area contributed by atoms with Crippen molar-refractivity contribution in [1.82, 2.24) is 9.97 Å². The van der Waals surface area contributed by atoms with Gasteiger partial charge in [-0.2, -0.15) is 0 Å². The average Bonchev–Trinajstić information content (AvgIpc) is 2.46. The second-order valence-corrected chi connectivity index (χ2v) is 5.35. The lowest BCUT2D eigenvalue weighted by Gasteiger charge is -2.09. The molecule has 22 heavy (non-hydrogen) atoms. The van der Waals surface area contributed by atoms with Crippen LogP contribution in [-0.2, 0) is 0 Å². The standard InChI is InChI=1S/C18H17N3O/c1-12-8-13(2)10-15(9-12)19-18-20-16(11-17(22)21-18)14-6-4-3-5-7-14/h3-11H,1-2H3,(H2,19,20,21,22). The van der Waals surface area contributed by atoms with E-state index in [1.807, 2.05) is 56.3 Å². The molecule has 0 unspecified atom stereocenters. The lowest BCUT2D eigenvalue weighted by molar-refractivity contribution is 1.12. The molecule has 0 aliphatic carbocycles. The molecule has 1 heterocycles. The molecule has 110 valence electrons. The molecule has 0 saturated carbocycles. The third kappa shape index (κ3) is 3.23. The van der Waals surface area contributed by atoms with Gasteiger partial charge in [0.1, 0.15) is 0 Å². The maximum atomic E-state index is 11.9. The molecule has 0 saturated heterocycles. The Balaban J connectivity index is 1.98. The van der Waals surface area contributed by atoms with Crippen LogP contribution in [0.2, 0.25) is 0 Å². The van der Waals surface area contributed by atoms with Crippen LogP contribution in [0.4, 0.5) is 11.6 Å². The summed E-state index contributed by atoms with van der Waals surface area (Å²) in [6.45, 7) is 4.07. The first-order valence-corrected chi connectivity index (χ1v) is 7.12. The molecule has 0 spiro atoms. The van der Waals surface area contributed by atoms with Crippen molar-refractivity contribution in [3.8, 4) is 11.3 Å². The van der Waals surface area contributed by atoms with Gasteiger partial charge in [-0.25, -0.2) is 4.98 Å². The molecule has 0 aliphatic heterocycles. The fourth-order valence-electron chi connectivity index (χ4n) is 2.46. The molecule has 1 aromatic heterocycles. The van der Waals surface area contributed by atoms with E-state index in [0.29, 0.717) is 11.6 Å². The van der Waals surface area contributed by atoms with Gasteiger partial charge in [0.15, 0.2) is 0 Å². The van der Waals surface area contributed by atoms with Gasteiger partial charge in [-0.3, -0.25) is 9.78 Å². The number of nitrogens with zero attached hydrogens (tertiary/aromatic N) is 1. The third-order valence-corrected chi connectivity index (χ3v) is 3.30. The Kier molecular flexibility index (Phi) is 3.74. The molecule has 0 bridgehead atoms. The maximum Gasteiger partial charge on any atom is 0.252 e. The predicted molar refractivity (Wildman–Crippen MR) is 89.5 cm³/mol. The van der Waals surface area contributed by atoms with Crippen LogP contribution in [0.3, 0.4) is 0 Å². The van der Waals surface area contributed by atoms with E-state index in [0.717, 1.165) is 22.4 Å². The normalized spacial score (nSPS) is 10.5. The second-order valence-electron chi connectivity index (χ2n) is 5.35. The van der Waals surface area contributed by atoms with E-state index in [1.165, 1.54) is 6.07 Å². The van der Waals surface area contributed by atoms with Crippen molar-refractivity contribution >= 4 is 11.6 Å². The molecule has 0 amide bonds. The zero-order chi connectivity index (χ0) is 15.5. The van der Waals surface area contributed by atoms with Gasteiger partial charge in [0.05, 0.1) is 5.69 Å². The van der Waals surface area contributed by atoms with Gasteiger partial charge in [-0.05, 0) is 37.1 Å². The van der Waals surface area contributed by atoms with E-state index in [1.54, 1.807) is 0 Å². The SMILES string of the molecule is Cc1cc(C)cc(Nc2nc(-c3ccccc3)cc(=O)[nH]2)c1. The van der Waals surface area contributed by atoms with Crippen molar-refractivity contribution < 1.29 is 0 Å². The van der Waals surface area contributed by atoms with Crippen molar-refractivity contribution in [1.29, 1.82) is 0 Å². The first kappa shape index (κ1) is 14.1. The highest BCUT2D eigenvalue weighted by Crippen LogP contribution is 2.19. The van der Waals surface area contributed by atoms with Crippen LogP contribution in [0.25, 0.3) is 11.3 Å². The van der Waals surface area contributed by atoms with E-state index in [2.05, 4.69) is 21.4 Å². The van der Waals surface area contributed by atoms with E-state index < -0.39 is 0 Å². The molecular weight excluding hydrogens is 274 g/mol. The van der Waals surface area contributed by atoms with E-state index in [-0.39, 0.29) is 5.56 Å². The second kappa shape index (κ2) is 5.85. The number of benzene rings is 2. The summed E-state index contributed by atoms with van der Waals surface area (Å²) in [5, 5.41) is 3.17. The molecule has 0 radical (unpaired) electrons. The van der Waals surface area contributed by atoms with Crippen LogP contribution in [0.5, 0.6) is 0 Å². The fraction of sp³-hybridized carbons (Fsp3) is 0.111. The number of aromatic amines is 1. The van der Waals surface area contributed by atoms with Gasteiger partial charge < -0.3 is 5.32 Å². The Morgan fingerprint density at radius 2 is 1.64 bits per heavy atom. The van der Waals surface area contributed by atoms with E-state index >= 15 is 0 Å². The quantitative estimate of drug-likeness (QED) is 0.771. The van der Waals surface area contributed by atoms with Crippen molar-refractivity contribution in [3.63, 3.8) is 0 Å². The molecule has 4 nitrogen and oxygen atoms in total. The van der Waals surface area contributed by atoms with Crippen LogP contribution < -0.4 is 10.9 Å². The molecule has 4 heteroatoms. The van der Waals surface area contributed by atoms with Crippen molar-refractivity contribution in [3.05, 3.63) is 76.1 Å². The smallest absolute Gasteiger partial charge is 0.252 e. The summed E-state index contributed by atoms with van der Waals surface area (Å²) >= 11 is 0. The summed E-state index contributed by atoms with van der Waals surface area (Å²) in [5.41, 5.74) is 4.60. The van der Waals surface area contributed by atoms with Gasteiger partial charge in [0.25, 0.3) is 5.56 Å². The predicted octanol–water partition coefficient (Wildman–Crippen LogP) is 3.80. The minimum atomic E-state index is -0.180. The van der Waals surface area contributed by atoms with Gasteiger partial charge in [0.2, 0.25) is 5.95 Å². The summed E-state index contributed by atoms with van der Waals surface area (Å²) in [6, 6.07) is 17.3. The van der Waals surface area contributed by atoms with Crippen LogP contribution >= 0.6 is 0 Å². The molecule has 2 N–H and O–H groups in total. The number of hydrogen-bond acceptors (Lipinski definition) is 3. The van der Waals surface area contributed by atoms with Crippen molar-refractivity contribution in [2.45, 2.75) is 13.8 Å². The summed E-state index contributed by atoms with van der Waals surface area (Å²) in [4.78, 5) is 19.1. The minimum Gasteiger partial charge on any atom is -0.326 e. The zero-order valence-corrected chi connectivity index (χ0v) is 12.6. The van der Waals surface area contributed by atoms with Gasteiger partial charge >= 0.3 is 0 Å². The highest BCUT2D eigenvalue weighted by molar-refractivity contribution is 5.62. The van der Waals surface area contributed by atoms with Gasteiger partial charge in [-0.1, -0.05) is 36.4 Å². The maximum absolute atomic E-state index is 11.9. The van der Waals surface area contributed by atoms with Gasteiger partial charge in [0, 0.05) is 17.3 Å². The molecule has 3 rings (SSSR count). The lowest BCUT2D eigenvalue weighted by Crippen LogP contribution is -2.10. The summed E-state index contributed by atoms with van der Waals surface area (Å²) in [5.74, 6) is 0.441. The number of aromatic nitrogens is 2. The van der Waals surface area contributed by atoms with E-state index in [9.17, 15) is 4.79 Å². The Labute approximate surface area is 128 Å². The van der Waals surface area contributed by atoms with Crippen LogP contribution in [0.15, 0.2) is 59.4 Å². The van der Waals surface area contributed by atoms with Gasteiger partial charge in [-0.15, -0.1) is 0 Å². The fourth-order valence-corrected chi connectivity index (χ4v) is 2.46. The Bertz CT molecular complexity index is 833. The van der Waals surface area contributed by atoms with Crippen molar-refractivity contribution in [2.24, 2.45) is 0 Å². The monoisotopic (exact) mass is 291 g/mol. The van der Waals surface area contributed by atoms with E-state index in [4.69, 9.17) is 0 Å². The summed E-state index contributed by atoms with van der Waals surface area (Å²) < 4.78 is 0. The largest absolute Gasteiger partial charge is 0.326 e. The number of anilines is 2. The molecule has 0 aliphatic rings. The topological polar surface area (TPSA) is 57.8 Å². The summed E-state index contributed by atoms with van der Waals surface area (Å²) in [6.07, 6.45) is 0. The summed E-state index contributed by atoms with van der Waals surface area (Å²) in [7, 11) is 0. The van der Waals surface area contributed by atoms with Crippen LogP contribution in [0, 0.1) is 13.8 Å². The number of hydrogen-bond donors (Lipinski definition) is 2. The Hall–Kier alpha value is -2.88. The molecule has 2 aromatic carbocycles. The molecule has 3 aromatic rings. The van der Waals surface area contributed by atoms with Crippen LogP contribution in [-0.4, -0.2) is 9.97 Å². The lowest BCUT2D eigenvalue weighted by atomic mass is 10.1. The first-order valence-electron chi connectivity index (χ1n) is 7.12.